The van der Waals surface area contributed by atoms with E-state index in [1.807, 2.05) is 0 Å². The van der Waals surface area contributed by atoms with Gasteiger partial charge in [-0.05, 0) is 49.4 Å². The van der Waals surface area contributed by atoms with Crippen LogP contribution in [0.2, 0.25) is 0 Å². The Morgan fingerprint density at radius 1 is 0.301 bits per heavy atom. The summed E-state index contributed by atoms with van der Waals surface area (Å²) in [6.07, 6.45) is 47.3. The van der Waals surface area contributed by atoms with Gasteiger partial charge in [-0.15, -0.1) is 0 Å². The minimum atomic E-state index is -4.96. The highest BCUT2D eigenvalue weighted by Crippen LogP contribution is 2.45. The number of rotatable bonds is 71. The van der Waals surface area contributed by atoms with Gasteiger partial charge in [-0.1, -0.05) is 319 Å². The molecule has 0 aliphatic heterocycles. The van der Waals surface area contributed by atoms with Crippen LogP contribution in [0.15, 0.2) is 0 Å². The summed E-state index contributed by atoms with van der Waals surface area (Å²) in [6.45, 7) is 14.1. The van der Waals surface area contributed by atoms with E-state index in [2.05, 4.69) is 55.4 Å². The molecule has 6 atom stereocenters. The first-order valence-corrected chi connectivity index (χ1v) is 41.2. The number of aliphatic hydroxyl groups excluding tert-OH is 1. The minimum absolute atomic E-state index is 0.103. The van der Waals surface area contributed by atoms with Gasteiger partial charge in [-0.2, -0.15) is 0 Å². The molecule has 0 aliphatic carbocycles. The molecule has 17 nitrogen and oxygen atoms in total. The molecule has 0 aromatic carbocycles. The quantitative estimate of drug-likeness (QED) is 0.0222. The average Bonchev–Trinajstić information content (AvgIpc) is 2.63. The molecular weight excluding hydrogens is 1220 g/mol. The van der Waals surface area contributed by atoms with Crippen LogP contribution in [0.4, 0.5) is 0 Å². The summed E-state index contributed by atoms with van der Waals surface area (Å²) in [7, 11) is -9.91. The van der Waals surface area contributed by atoms with Crippen LogP contribution < -0.4 is 0 Å². The molecule has 93 heavy (non-hydrogen) atoms. The van der Waals surface area contributed by atoms with Crippen LogP contribution >= 0.6 is 15.6 Å². The van der Waals surface area contributed by atoms with Crippen LogP contribution in [0.1, 0.15) is 370 Å². The molecule has 0 amide bonds. The zero-order valence-electron chi connectivity index (χ0n) is 60.9. The number of hydrogen-bond acceptors (Lipinski definition) is 15. The summed E-state index contributed by atoms with van der Waals surface area (Å²) in [5.74, 6) is 0.905. The zero-order valence-corrected chi connectivity index (χ0v) is 62.7. The highest BCUT2D eigenvalue weighted by molar-refractivity contribution is 7.47. The number of phosphoric ester groups is 2. The van der Waals surface area contributed by atoms with Crippen molar-refractivity contribution in [2.75, 3.05) is 39.6 Å². The molecule has 3 N–H and O–H groups in total. The molecule has 0 spiro atoms. The van der Waals surface area contributed by atoms with E-state index < -0.39 is 97.5 Å². The smallest absolute Gasteiger partial charge is 0.462 e. The molecule has 0 saturated heterocycles. The van der Waals surface area contributed by atoms with E-state index in [9.17, 15) is 43.2 Å². The Balaban J connectivity index is 5.23. The second-order valence-electron chi connectivity index (χ2n) is 28.4. The molecule has 0 bridgehead atoms. The maximum absolute atomic E-state index is 13.1. The fourth-order valence-corrected chi connectivity index (χ4v) is 12.7. The Hall–Kier alpha value is -1.94. The highest BCUT2D eigenvalue weighted by Gasteiger charge is 2.30. The summed E-state index contributed by atoms with van der Waals surface area (Å²) in [5.41, 5.74) is 0. The largest absolute Gasteiger partial charge is 0.472 e. The van der Waals surface area contributed by atoms with Gasteiger partial charge in [-0.25, -0.2) is 9.13 Å². The van der Waals surface area contributed by atoms with Crippen molar-refractivity contribution >= 4 is 39.5 Å². The zero-order chi connectivity index (χ0) is 68.9. The summed E-state index contributed by atoms with van der Waals surface area (Å²) >= 11 is 0. The van der Waals surface area contributed by atoms with Crippen molar-refractivity contribution in [3.8, 4) is 0 Å². The topological polar surface area (TPSA) is 237 Å². The van der Waals surface area contributed by atoms with Gasteiger partial charge in [-0.3, -0.25) is 37.3 Å². The predicted molar refractivity (Wildman–Crippen MR) is 377 cm³/mol. The van der Waals surface area contributed by atoms with Gasteiger partial charge >= 0.3 is 39.5 Å². The lowest BCUT2D eigenvalue weighted by Gasteiger charge is -2.21. The third-order valence-electron chi connectivity index (χ3n) is 17.4. The summed E-state index contributed by atoms with van der Waals surface area (Å²) in [5, 5.41) is 10.6. The van der Waals surface area contributed by atoms with Crippen molar-refractivity contribution < 1.29 is 80.2 Å². The number of phosphoric acid groups is 2. The van der Waals surface area contributed by atoms with E-state index in [0.717, 1.165) is 108 Å². The van der Waals surface area contributed by atoms with Crippen molar-refractivity contribution in [1.29, 1.82) is 0 Å². The van der Waals surface area contributed by atoms with E-state index in [4.69, 9.17) is 37.0 Å². The van der Waals surface area contributed by atoms with E-state index in [1.165, 1.54) is 173 Å². The fraction of sp³-hybridized carbons (Fsp3) is 0.946. The van der Waals surface area contributed by atoms with Gasteiger partial charge in [0.15, 0.2) is 12.2 Å². The summed E-state index contributed by atoms with van der Waals surface area (Å²) in [4.78, 5) is 72.7. The van der Waals surface area contributed by atoms with Crippen LogP contribution in [0.3, 0.4) is 0 Å². The first-order chi connectivity index (χ1) is 44.6. The molecule has 0 saturated carbocycles. The van der Waals surface area contributed by atoms with E-state index in [0.29, 0.717) is 31.6 Å². The molecule has 0 aliphatic rings. The monoisotopic (exact) mass is 1370 g/mol. The lowest BCUT2D eigenvalue weighted by Crippen LogP contribution is -2.30. The molecule has 19 heteroatoms. The van der Waals surface area contributed by atoms with Crippen molar-refractivity contribution in [1.82, 2.24) is 0 Å². The molecule has 0 aromatic rings. The first kappa shape index (κ1) is 91.1. The predicted octanol–water partition coefficient (Wildman–Crippen LogP) is 21.3. The average molecular weight is 1370 g/mol. The molecule has 0 radical (unpaired) electrons. The standard InChI is InChI=1S/C74H144O17P2/c1-9-67(8)53-45-37-29-20-17-18-22-32-40-48-56-73(78)90-69(60-84-71(76)54-46-38-30-21-16-14-12-10-11-13-15-19-26-34-42-50-64(2)3)62-88-92(80,81)86-58-68(75)59-87-93(82,83)89-63-70(91-74(79)57-49-41-33-25-28-36-44-52-66(6)7)61-85-72(77)55-47-39-31-24-23-27-35-43-51-65(4)5/h64-70,75H,9-63H2,1-8H3,(H,80,81)(H,82,83)/t67?,68?,69-,70-/m1/s1. The van der Waals surface area contributed by atoms with Crippen LogP contribution in [-0.2, 0) is 65.4 Å². The Labute approximate surface area is 568 Å². The second kappa shape index (κ2) is 63.5. The van der Waals surface area contributed by atoms with Gasteiger partial charge in [0.25, 0.3) is 0 Å². The molecule has 0 rings (SSSR count). The molecule has 4 unspecified atom stereocenters. The molecule has 552 valence electrons. The van der Waals surface area contributed by atoms with Crippen LogP contribution in [0, 0.1) is 23.7 Å². The van der Waals surface area contributed by atoms with E-state index >= 15 is 0 Å². The normalized spacial score (nSPS) is 14.5. The molecule has 0 aromatic heterocycles. The van der Waals surface area contributed by atoms with Gasteiger partial charge in [0.2, 0.25) is 0 Å². The Morgan fingerprint density at radius 2 is 0.516 bits per heavy atom. The fourth-order valence-electron chi connectivity index (χ4n) is 11.2. The number of unbranched alkanes of at least 4 members (excludes halogenated alkanes) is 36. The van der Waals surface area contributed by atoms with Crippen molar-refractivity contribution in [2.45, 2.75) is 388 Å². The lowest BCUT2D eigenvalue weighted by molar-refractivity contribution is -0.161. The SMILES string of the molecule is CCC(C)CCCCCCCCCCCCC(=O)O[C@H](COC(=O)CCCCCCCCCCCCCCCCCC(C)C)COP(=O)(O)OCC(O)COP(=O)(O)OC[C@@H](COC(=O)CCCCCCCCCCC(C)C)OC(=O)CCCCCCCCCC(C)C. The molecule has 0 fully saturated rings. The van der Waals surface area contributed by atoms with Crippen LogP contribution in [-0.4, -0.2) is 96.7 Å². The maximum Gasteiger partial charge on any atom is 0.472 e. The van der Waals surface area contributed by atoms with E-state index in [-0.39, 0.29) is 25.7 Å². The summed E-state index contributed by atoms with van der Waals surface area (Å²) in [6, 6.07) is 0. The molecular formula is C74H144O17P2. The lowest BCUT2D eigenvalue weighted by atomic mass is 9.99. The van der Waals surface area contributed by atoms with Gasteiger partial charge < -0.3 is 33.8 Å². The number of hydrogen-bond donors (Lipinski definition) is 3. The third kappa shape index (κ3) is 67.0. The molecule has 0 heterocycles. The number of esters is 4. The maximum atomic E-state index is 13.1. The number of carbonyl (C=O) groups is 4. The van der Waals surface area contributed by atoms with Gasteiger partial charge in [0, 0.05) is 25.7 Å². The highest BCUT2D eigenvalue weighted by atomic mass is 31.2. The third-order valence-corrected chi connectivity index (χ3v) is 19.3. The number of carbonyl (C=O) groups excluding carboxylic acids is 4. The van der Waals surface area contributed by atoms with Crippen molar-refractivity contribution in [3.63, 3.8) is 0 Å². The summed E-state index contributed by atoms with van der Waals surface area (Å²) < 4.78 is 68.4. The van der Waals surface area contributed by atoms with Gasteiger partial charge in [0.05, 0.1) is 26.4 Å². The van der Waals surface area contributed by atoms with E-state index in [1.54, 1.807) is 0 Å². The van der Waals surface area contributed by atoms with Crippen molar-refractivity contribution in [2.24, 2.45) is 23.7 Å². The Kier molecular flexibility index (Phi) is 62.2. The first-order valence-electron chi connectivity index (χ1n) is 38.2. The Bertz CT molecular complexity index is 1840. The van der Waals surface area contributed by atoms with Gasteiger partial charge in [0.1, 0.15) is 19.3 Å². The minimum Gasteiger partial charge on any atom is -0.462 e. The second-order valence-corrected chi connectivity index (χ2v) is 31.3. The number of aliphatic hydroxyl groups is 1. The number of ether oxygens (including phenoxy) is 4. The van der Waals surface area contributed by atoms with Crippen LogP contribution in [0.5, 0.6) is 0 Å². The Morgan fingerprint density at radius 3 is 0.763 bits per heavy atom. The van der Waals surface area contributed by atoms with Crippen LogP contribution in [0.25, 0.3) is 0 Å². The van der Waals surface area contributed by atoms with Crippen molar-refractivity contribution in [3.05, 3.63) is 0 Å².